The first kappa shape index (κ1) is 10.6. The van der Waals surface area contributed by atoms with Crippen LogP contribution in [0, 0.1) is 0 Å². The lowest BCUT2D eigenvalue weighted by Crippen LogP contribution is -2.35. The number of hydrogen-bond acceptors (Lipinski definition) is 3. The van der Waals surface area contributed by atoms with Crippen molar-refractivity contribution in [2.75, 3.05) is 11.9 Å². The Labute approximate surface area is 91.4 Å². The maximum Gasteiger partial charge on any atom is 0.302 e. The van der Waals surface area contributed by atoms with Crippen LogP contribution in [0.3, 0.4) is 0 Å². The van der Waals surface area contributed by atoms with E-state index in [2.05, 4.69) is 10.1 Å². The van der Waals surface area contributed by atoms with Crippen LogP contribution in [0.4, 0.5) is 10.1 Å². The van der Waals surface area contributed by atoms with Crippen LogP contribution in [0.5, 0.6) is 0 Å². The fraction of sp³-hybridized carbons (Fsp3) is 0.273. The molecule has 0 saturated carbocycles. The quantitative estimate of drug-likeness (QED) is 0.770. The first-order chi connectivity index (χ1) is 7.54. The van der Waals surface area contributed by atoms with Crippen molar-refractivity contribution in [1.82, 2.24) is 0 Å². The molecule has 2 rings (SSSR count). The van der Waals surface area contributed by atoms with Gasteiger partial charge in [0.15, 0.2) is 0 Å². The van der Waals surface area contributed by atoms with Crippen LogP contribution < -0.4 is 5.32 Å². The summed E-state index contributed by atoms with van der Waals surface area (Å²) < 4.78 is 19.0. The normalized spacial score (nSPS) is 22.5. The molecule has 0 aromatic heterocycles. The van der Waals surface area contributed by atoms with Crippen LogP contribution >= 0.6 is 0 Å². The molecular formula is C11H10FNO3. The zero-order valence-corrected chi connectivity index (χ0v) is 8.62. The number of hydrogen-bond donors (Lipinski definition) is 1. The fourth-order valence-electron chi connectivity index (χ4n) is 1.63. The highest BCUT2D eigenvalue weighted by atomic mass is 19.1. The molecule has 1 aliphatic heterocycles. The highest BCUT2D eigenvalue weighted by Crippen LogP contribution is 2.39. The van der Waals surface area contributed by atoms with Gasteiger partial charge in [0.05, 0.1) is 0 Å². The van der Waals surface area contributed by atoms with Gasteiger partial charge in [-0.1, -0.05) is 18.2 Å². The van der Waals surface area contributed by atoms with Crippen molar-refractivity contribution >= 4 is 17.6 Å². The molecule has 1 aliphatic rings. The minimum absolute atomic E-state index is 0.209. The van der Waals surface area contributed by atoms with E-state index in [1.54, 1.807) is 18.2 Å². The van der Waals surface area contributed by atoms with Crippen molar-refractivity contribution in [1.29, 1.82) is 0 Å². The lowest BCUT2D eigenvalue weighted by atomic mass is 9.98. The van der Waals surface area contributed by atoms with Crippen LogP contribution in [0.1, 0.15) is 12.5 Å². The molecule has 16 heavy (non-hydrogen) atoms. The number of anilines is 1. The fourth-order valence-corrected chi connectivity index (χ4v) is 1.63. The maximum atomic E-state index is 14.4. The van der Waals surface area contributed by atoms with Gasteiger partial charge in [0.1, 0.15) is 6.61 Å². The Balaban J connectivity index is 2.33. The summed E-state index contributed by atoms with van der Waals surface area (Å²) in [6.07, 6.45) is 0. The Bertz CT molecular complexity index is 460. The summed E-state index contributed by atoms with van der Waals surface area (Å²) in [5.41, 5.74) is -1.65. The van der Waals surface area contributed by atoms with Gasteiger partial charge in [-0.25, -0.2) is 4.39 Å². The molecule has 5 heteroatoms. The zero-order valence-electron chi connectivity index (χ0n) is 8.62. The Morgan fingerprint density at radius 2 is 2.19 bits per heavy atom. The number of alkyl halides is 1. The number of esters is 1. The number of nitrogens with one attached hydrogen (secondary N) is 1. The molecule has 0 saturated heterocycles. The van der Waals surface area contributed by atoms with Crippen molar-refractivity contribution in [2.45, 2.75) is 12.6 Å². The minimum atomic E-state index is -2.28. The molecule has 0 bridgehead atoms. The van der Waals surface area contributed by atoms with Crippen LogP contribution in [0.25, 0.3) is 0 Å². The summed E-state index contributed by atoms with van der Waals surface area (Å²) in [5, 5.41) is 2.41. The number of carbonyl (C=O) groups excluding carboxylic acids is 2. The zero-order chi connectivity index (χ0) is 11.8. The summed E-state index contributed by atoms with van der Waals surface area (Å²) in [5.74, 6) is -1.41. The van der Waals surface area contributed by atoms with Gasteiger partial charge in [0.25, 0.3) is 5.91 Å². The number of halogens is 1. The van der Waals surface area contributed by atoms with E-state index in [9.17, 15) is 14.0 Å². The molecule has 0 fully saturated rings. The van der Waals surface area contributed by atoms with E-state index in [4.69, 9.17) is 0 Å². The Hall–Kier alpha value is -1.91. The van der Waals surface area contributed by atoms with Crippen molar-refractivity contribution in [2.24, 2.45) is 0 Å². The first-order valence-electron chi connectivity index (χ1n) is 4.77. The third-order valence-corrected chi connectivity index (χ3v) is 2.44. The molecular weight excluding hydrogens is 213 g/mol. The van der Waals surface area contributed by atoms with E-state index in [0.29, 0.717) is 5.69 Å². The molecule has 1 N–H and O–H groups in total. The standard InChI is InChI=1S/C11H10FNO3/c1-7(14)16-6-11(12)8-4-2-3-5-9(8)13-10(11)15/h2-5H,6H2,1H3,(H,13,15). The number of para-hydroxylation sites is 1. The third kappa shape index (κ3) is 1.54. The number of amides is 1. The van der Waals surface area contributed by atoms with E-state index in [1.165, 1.54) is 13.0 Å². The second-order valence-corrected chi connectivity index (χ2v) is 3.58. The van der Waals surface area contributed by atoms with E-state index in [0.717, 1.165) is 0 Å². The number of carbonyl (C=O) groups is 2. The highest BCUT2D eigenvalue weighted by molar-refractivity contribution is 6.05. The van der Waals surface area contributed by atoms with Crippen LogP contribution in [0.15, 0.2) is 24.3 Å². The van der Waals surface area contributed by atoms with Crippen LogP contribution in [-0.4, -0.2) is 18.5 Å². The van der Waals surface area contributed by atoms with Crippen molar-refractivity contribution in [3.8, 4) is 0 Å². The van der Waals surface area contributed by atoms with Gasteiger partial charge in [-0.3, -0.25) is 9.59 Å². The van der Waals surface area contributed by atoms with Gasteiger partial charge in [-0.15, -0.1) is 0 Å². The minimum Gasteiger partial charge on any atom is -0.461 e. The second kappa shape index (κ2) is 3.59. The van der Waals surface area contributed by atoms with Gasteiger partial charge < -0.3 is 10.1 Å². The van der Waals surface area contributed by atoms with Gasteiger partial charge in [-0.05, 0) is 6.07 Å². The smallest absolute Gasteiger partial charge is 0.302 e. The predicted molar refractivity (Wildman–Crippen MR) is 54.5 cm³/mol. The van der Waals surface area contributed by atoms with Crippen molar-refractivity contribution < 1.29 is 18.7 Å². The summed E-state index contributed by atoms with van der Waals surface area (Å²) in [6, 6.07) is 6.41. The second-order valence-electron chi connectivity index (χ2n) is 3.58. The number of rotatable bonds is 2. The summed E-state index contributed by atoms with van der Waals surface area (Å²) in [7, 11) is 0. The van der Waals surface area contributed by atoms with Gasteiger partial charge in [-0.2, -0.15) is 0 Å². The lowest BCUT2D eigenvalue weighted by Gasteiger charge is -2.16. The summed E-state index contributed by atoms with van der Waals surface area (Å²) >= 11 is 0. The van der Waals surface area contributed by atoms with Crippen LogP contribution in [-0.2, 0) is 20.0 Å². The lowest BCUT2D eigenvalue weighted by molar-refractivity contribution is -0.148. The highest BCUT2D eigenvalue weighted by Gasteiger charge is 2.48. The molecule has 1 heterocycles. The number of benzene rings is 1. The van der Waals surface area contributed by atoms with E-state index in [1.807, 2.05) is 0 Å². The molecule has 0 radical (unpaired) electrons. The van der Waals surface area contributed by atoms with Gasteiger partial charge in [0.2, 0.25) is 5.67 Å². The predicted octanol–water partition coefficient (Wildman–Crippen LogP) is 1.37. The Kier molecular flexibility index (Phi) is 2.38. The molecule has 0 spiro atoms. The topological polar surface area (TPSA) is 55.4 Å². The largest absolute Gasteiger partial charge is 0.461 e. The van der Waals surface area contributed by atoms with E-state index >= 15 is 0 Å². The monoisotopic (exact) mass is 223 g/mol. The van der Waals surface area contributed by atoms with Gasteiger partial charge in [0, 0.05) is 18.2 Å². The average molecular weight is 223 g/mol. The third-order valence-electron chi connectivity index (χ3n) is 2.44. The molecule has 1 unspecified atom stereocenters. The number of ether oxygens (including phenoxy) is 1. The number of fused-ring (bicyclic) bond motifs is 1. The van der Waals surface area contributed by atoms with E-state index < -0.39 is 24.2 Å². The van der Waals surface area contributed by atoms with Crippen molar-refractivity contribution in [3.05, 3.63) is 29.8 Å². The molecule has 1 atom stereocenters. The molecule has 84 valence electrons. The molecule has 0 aliphatic carbocycles. The summed E-state index contributed by atoms with van der Waals surface area (Å²) in [6.45, 7) is 0.577. The van der Waals surface area contributed by atoms with E-state index in [-0.39, 0.29) is 5.56 Å². The maximum absolute atomic E-state index is 14.4. The Morgan fingerprint density at radius 3 is 2.88 bits per heavy atom. The molecule has 1 amide bonds. The van der Waals surface area contributed by atoms with Gasteiger partial charge >= 0.3 is 5.97 Å². The molecule has 4 nitrogen and oxygen atoms in total. The van der Waals surface area contributed by atoms with Crippen LogP contribution in [0.2, 0.25) is 0 Å². The first-order valence-corrected chi connectivity index (χ1v) is 4.77. The molecule has 1 aromatic carbocycles. The molecule has 1 aromatic rings. The van der Waals surface area contributed by atoms with Crippen molar-refractivity contribution in [3.63, 3.8) is 0 Å². The average Bonchev–Trinajstić information content (AvgIpc) is 2.50. The Morgan fingerprint density at radius 1 is 1.50 bits per heavy atom. The summed E-state index contributed by atoms with van der Waals surface area (Å²) in [4.78, 5) is 22.1. The SMILES string of the molecule is CC(=O)OCC1(F)C(=O)Nc2ccccc21.